The minimum atomic E-state index is -0.218. The second-order valence-corrected chi connectivity index (χ2v) is 4.59. The second-order valence-electron chi connectivity index (χ2n) is 3.79. The fourth-order valence-corrected chi connectivity index (χ4v) is 1.95. The van der Waals surface area contributed by atoms with Gasteiger partial charge in [0.1, 0.15) is 11.3 Å². The Hall–Kier alpha value is -1.16. The molecule has 0 saturated heterocycles. The zero-order valence-corrected chi connectivity index (χ0v) is 11.5. The molecule has 3 nitrogen and oxygen atoms in total. The van der Waals surface area contributed by atoms with Gasteiger partial charge in [0.15, 0.2) is 5.82 Å². The highest BCUT2D eigenvalue weighted by Crippen LogP contribution is 2.28. The molecule has 0 aliphatic heterocycles. The van der Waals surface area contributed by atoms with Gasteiger partial charge in [0, 0.05) is 23.8 Å². The molecule has 0 aliphatic carbocycles. The molecule has 0 spiro atoms. The molecule has 0 bridgehead atoms. The van der Waals surface area contributed by atoms with Crippen molar-refractivity contribution in [1.29, 1.82) is 0 Å². The van der Waals surface area contributed by atoms with Gasteiger partial charge >= 0.3 is 0 Å². The first-order valence-corrected chi connectivity index (χ1v) is 6.19. The van der Waals surface area contributed by atoms with E-state index in [0.29, 0.717) is 21.7 Å². The van der Waals surface area contributed by atoms with Crippen LogP contribution in [0.3, 0.4) is 0 Å². The number of hydrogen-bond donors (Lipinski definition) is 0. The summed E-state index contributed by atoms with van der Waals surface area (Å²) in [5.41, 5.74) is 1.52. The smallest absolute Gasteiger partial charge is 0.159 e. The van der Waals surface area contributed by atoms with Crippen LogP contribution in [0.4, 0.5) is 0 Å². The van der Waals surface area contributed by atoms with Crippen LogP contribution in [0.25, 0.3) is 11.3 Å². The summed E-state index contributed by atoms with van der Waals surface area (Å²) in [5.74, 6) is 0.542. The molecule has 0 amide bonds. The molecule has 1 aromatic carbocycles. The van der Waals surface area contributed by atoms with Gasteiger partial charge in [0.05, 0.1) is 5.69 Å². The molecule has 2 rings (SSSR count). The number of ether oxygens (including phenoxy) is 1. The van der Waals surface area contributed by atoms with Crippen molar-refractivity contribution in [3.63, 3.8) is 0 Å². The third kappa shape index (κ3) is 2.80. The number of rotatable bonds is 3. The molecule has 94 valence electrons. The van der Waals surface area contributed by atoms with E-state index in [1.54, 1.807) is 13.2 Å². The van der Waals surface area contributed by atoms with E-state index in [0.717, 1.165) is 5.56 Å². The van der Waals surface area contributed by atoms with Crippen LogP contribution >= 0.6 is 23.2 Å². The van der Waals surface area contributed by atoms with Crippen molar-refractivity contribution in [2.45, 2.75) is 13.0 Å². The average molecular weight is 283 g/mol. The van der Waals surface area contributed by atoms with Crippen LogP contribution in [-0.4, -0.2) is 17.1 Å². The van der Waals surface area contributed by atoms with Crippen LogP contribution in [0.5, 0.6) is 0 Å². The summed E-state index contributed by atoms with van der Waals surface area (Å²) < 4.78 is 5.20. The highest BCUT2D eigenvalue weighted by molar-refractivity contribution is 6.33. The maximum atomic E-state index is 6.14. The fraction of sp³-hybridized carbons (Fsp3) is 0.231. The largest absolute Gasteiger partial charge is 0.374 e. The highest BCUT2D eigenvalue weighted by Gasteiger charge is 2.12. The maximum absolute atomic E-state index is 6.14. The lowest BCUT2D eigenvalue weighted by Crippen LogP contribution is -2.04. The molecule has 0 saturated carbocycles. The summed E-state index contributed by atoms with van der Waals surface area (Å²) in [4.78, 5) is 8.58. The molecule has 5 heteroatoms. The molecule has 1 atom stereocenters. The van der Waals surface area contributed by atoms with Crippen molar-refractivity contribution in [3.8, 4) is 11.3 Å². The third-order valence-electron chi connectivity index (χ3n) is 2.58. The summed E-state index contributed by atoms with van der Waals surface area (Å²) >= 11 is 12.1. The molecular formula is C13H12Cl2N2O. The van der Waals surface area contributed by atoms with Gasteiger partial charge in [-0.2, -0.15) is 0 Å². The molecular weight excluding hydrogens is 271 g/mol. The first-order chi connectivity index (χ1) is 8.61. The van der Waals surface area contributed by atoms with Crippen LogP contribution in [0.15, 0.2) is 30.3 Å². The predicted octanol–water partition coefficient (Wildman–Crippen LogP) is 4.16. The molecule has 0 fully saturated rings. The second kappa shape index (κ2) is 5.65. The molecule has 1 heterocycles. The summed E-state index contributed by atoms with van der Waals surface area (Å²) in [5, 5.41) is 1.00. The topological polar surface area (TPSA) is 35.0 Å². The fourth-order valence-electron chi connectivity index (χ4n) is 1.53. The van der Waals surface area contributed by atoms with Gasteiger partial charge in [-0.1, -0.05) is 41.4 Å². The van der Waals surface area contributed by atoms with Crippen LogP contribution in [0.2, 0.25) is 10.2 Å². The minimum absolute atomic E-state index is 0.218. The maximum Gasteiger partial charge on any atom is 0.159 e. The SMILES string of the molecule is COC(C)c1nc(Cl)cc(-c2ccccc2Cl)n1. The number of aromatic nitrogens is 2. The molecule has 0 aliphatic rings. The van der Waals surface area contributed by atoms with Crippen molar-refractivity contribution in [3.05, 3.63) is 46.3 Å². The first kappa shape index (κ1) is 13.3. The number of methoxy groups -OCH3 is 1. The van der Waals surface area contributed by atoms with E-state index in [-0.39, 0.29) is 6.10 Å². The Morgan fingerprint density at radius 3 is 2.56 bits per heavy atom. The highest BCUT2D eigenvalue weighted by atomic mass is 35.5. The van der Waals surface area contributed by atoms with Gasteiger partial charge in [-0.25, -0.2) is 9.97 Å². The summed E-state index contributed by atoms with van der Waals surface area (Å²) in [6.45, 7) is 1.86. The van der Waals surface area contributed by atoms with Crippen molar-refractivity contribution >= 4 is 23.2 Å². The number of nitrogens with zero attached hydrogens (tertiary/aromatic N) is 2. The Morgan fingerprint density at radius 1 is 1.17 bits per heavy atom. The van der Waals surface area contributed by atoms with Crippen LogP contribution in [0, 0.1) is 0 Å². The standard InChI is InChI=1S/C13H12Cl2N2O/c1-8(18-2)13-16-11(7-12(15)17-13)9-5-3-4-6-10(9)14/h3-8H,1-2H3. The van der Waals surface area contributed by atoms with E-state index < -0.39 is 0 Å². The Labute approximate surface area is 116 Å². The third-order valence-corrected chi connectivity index (χ3v) is 3.10. The molecule has 2 aromatic rings. The first-order valence-electron chi connectivity index (χ1n) is 5.44. The average Bonchev–Trinajstić information content (AvgIpc) is 2.37. The quantitative estimate of drug-likeness (QED) is 0.793. The Morgan fingerprint density at radius 2 is 1.89 bits per heavy atom. The van der Waals surface area contributed by atoms with E-state index >= 15 is 0 Å². The number of benzene rings is 1. The lowest BCUT2D eigenvalue weighted by atomic mass is 10.1. The van der Waals surface area contributed by atoms with Crippen molar-refractivity contribution in [1.82, 2.24) is 9.97 Å². The Balaban J connectivity index is 2.52. The molecule has 0 radical (unpaired) electrons. The van der Waals surface area contributed by atoms with E-state index in [1.165, 1.54) is 0 Å². The zero-order valence-electron chi connectivity index (χ0n) is 10.0. The lowest BCUT2D eigenvalue weighted by molar-refractivity contribution is 0.112. The van der Waals surface area contributed by atoms with Crippen molar-refractivity contribution in [2.24, 2.45) is 0 Å². The monoisotopic (exact) mass is 282 g/mol. The summed E-state index contributed by atoms with van der Waals surface area (Å²) in [7, 11) is 1.60. The van der Waals surface area contributed by atoms with Gasteiger partial charge < -0.3 is 4.74 Å². The molecule has 0 N–H and O–H groups in total. The van der Waals surface area contributed by atoms with Crippen molar-refractivity contribution < 1.29 is 4.74 Å². The lowest BCUT2D eigenvalue weighted by Gasteiger charge is -2.10. The Kier molecular flexibility index (Phi) is 4.17. The van der Waals surface area contributed by atoms with Crippen LogP contribution in [-0.2, 0) is 4.74 Å². The van der Waals surface area contributed by atoms with Crippen molar-refractivity contribution in [2.75, 3.05) is 7.11 Å². The molecule has 18 heavy (non-hydrogen) atoms. The van der Waals surface area contributed by atoms with Gasteiger partial charge in [0.25, 0.3) is 0 Å². The van der Waals surface area contributed by atoms with E-state index in [4.69, 9.17) is 27.9 Å². The van der Waals surface area contributed by atoms with Crippen LogP contribution in [0.1, 0.15) is 18.9 Å². The van der Waals surface area contributed by atoms with E-state index in [9.17, 15) is 0 Å². The zero-order chi connectivity index (χ0) is 13.1. The van der Waals surface area contributed by atoms with Crippen LogP contribution < -0.4 is 0 Å². The molecule has 1 unspecified atom stereocenters. The van der Waals surface area contributed by atoms with Gasteiger partial charge in [-0.15, -0.1) is 0 Å². The molecule has 1 aromatic heterocycles. The van der Waals surface area contributed by atoms with E-state index in [1.807, 2.05) is 31.2 Å². The van der Waals surface area contributed by atoms with E-state index in [2.05, 4.69) is 9.97 Å². The number of hydrogen-bond acceptors (Lipinski definition) is 3. The predicted molar refractivity (Wildman–Crippen MR) is 72.9 cm³/mol. The van der Waals surface area contributed by atoms with Gasteiger partial charge in [-0.05, 0) is 13.0 Å². The minimum Gasteiger partial charge on any atom is -0.374 e. The van der Waals surface area contributed by atoms with Gasteiger partial charge in [0.2, 0.25) is 0 Å². The summed E-state index contributed by atoms with van der Waals surface area (Å²) in [6.07, 6.45) is -0.218. The number of halogens is 2. The summed E-state index contributed by atoms with van der Waals surface area (Å²) in [6, 6.07) is 9.16. The Bertz CT molecular complexity index is 560. The van der Waals surface area contributed by atoms with Gasteiger partial charge in [-0.3, -0.25) is 0 Å². The normalized spacial score (nSPS) is 12.4.